The highest BCUT2D eigenvalue weighted by Crippen LogP contribution is 2.34. The van der Waals surface area contributed by atoms with Crippen LogP contribution in [-0.4, -0.2) is 39.6 Å². The molecule has 1 aliphatic heterocycles. The number of hydrogen-bond acceptors (Lipinski definition) is 6. The van der Waals surface area contributed by atoms with Gasteiger partial charge in [-0.2, -0.15) is 5.10 Å². The van der Waals surface area contributed by atoms with Crippen molar-refractivity contribution in [1.82, 2.24) is 19.9 Å². The Labute approximate surface area is 176 Å². The quantitative estimate of drug-likeness (QED) is 0.427. The van der Waals surface area contributed by atoms with E-state index in [9.17, 15) is 9.59 Å². The maximum Gasteiger partial charge on any atom is 0.322 e. The summed E-state index contributed by atoms with van der Waals surface area (Å²) in [6, 6.07) is 3.60. The van der Waals surface area contributed by atoms with E-state index in [1.54, 1.807) is 11.4 Å². The number of imidazole rings is 1. The van der Waals surface area contributed by atoms with Gasteiger partial charge >= 0.3 is 5.97 Å². The minimum atomic E-state index is -1.21. The van der Waals surface area contributed by atoms with Gasteiger partial charge in [0.25, 0.3) is 0 Å². The molecule has 0 spiro atoms. The number of aromatic nitrogens is 3. The Morgan fingerprint density at radius 3 is 2.77 bits per heavy atom. The molecule has 2 aliphatic rings. The third kappa shape index (κ3) is 3.93. The summed E-state index contributed by atoms with van der Waals surface area (Å²) in [4.78, 5) is 29.8. The van der Waals surface area contributed by atoms with Gasteiger partial charge < -0.3 is 15.8 Å². The van der Waals surface area contributed by atoms with E-state index in [4.69, 9.17) is 15.5 Å². The number of hydrogen-bond donors (Lipinski definition) is 2. The van der Waals surface area contributed by atoms with Gasteiger partial charge in [-0.1, -0.05) is 25.7 Å². The molecule has 1 amide bonds. The highest BCUT2D eigenvalue weighted by molar-refractivity contribution is 6.04. The van der Waals surface area contributed by atoms with Gasteiger partial charge in [0.05, 0.1) is 30.2 Å². The van der Waals surface area contributed by atoms with Crippen molar-refractivity contribution in [3.63, 3.8) is 0 Å². The zero-order chi connectivity index (χ0) is 21.1. The number of nitrogens with two attached hydrogens (primary N) is 1. The molecule has 0 bridgehead atoms. The number of carbonyl (C=O) groups is 2. The van der Waals surface area contributed by atoms with Crippen LogP contribution in [0.25, 0.3) is 5.65 Å². The zero-order valence-corrected chi connectivity index (χ0v) is 17.6. The molecule has 8 nitrogen and oxygen atoms in total. The summed E-state index contributed by atoms with van der Waals surface area (Å²) in [6.07, 6.45) is 9.82. The summed E-state index contributed by atoms with van der Waals surface area (Å²) < 4.78 is 6.92. The number of nitrogens with one attached hydrogen (secondary N) is 1. The summed E-state index contributed by atoms with van der Waals surface area (Å²) in [5.41, 5.74) is 7.58. The first-order chi connectivity index (χ1) is 14.5. The van der Waals surface area contributed by atoms with E-state index < -0.39 is 11.4 Å². The maximum atomic E-state index is 12.6. The lowest BCUT2D eigenvalue weighted by atomic mass is 9.81. The molecule has 2 fully saturated rings. The molecule has 8 heteroatoms. The van der Waals surface area contributed by atoms with Gasteiger partial charge in [-0.05, 0) is 44.2 Å². The minimum absolute atomic E-state index is 0.0975. The molecule has 0 radical (unpaired) electrons. The molecule has 0 aromatic carbocycles. The molecule has 1 aliphatic carbocycles. The zero-order valence-electron chi connectivity index (χ0n) is 17.6. The average molecular weight is 414 g/mol. The highest BCUT2D eigenvalue weighted by atomic mass is 16.5. The standard InChI is InChI=1S/C22H31N5O3/c1-2-30-21(29)22(11-12-24-20(22)28)13-16-9-10-18-25-17(14-27(18)26-16)19(23)15-7-5-3-4-6-8-15/h9-10,14-15,19H,2-8,11-13,23H2,1H3,(H,24,28). The number of carbonyl (C=O) groups excluding carboxylic acids is 2. The third-order valence-electron chi connectivity index (χ3n) is 6.56. The Hall–Kier alpha value is -2.48. The first kappa shape index (κ1) is 20.8. The van der Waals surface area contributed by atoms with Gasteiger partial charge in [-0.3, -0.25) is 9.59 Å². The van der Waals surface area contributed by atoms with E-state index in [0.29, 0.717) is 24.6 Å². The monoisotopic (exact) mass is 413 g/mol. The second-order valence-electron chi connectivity index (χ2n) is 8.56. The van der Waals surface area contributed by atoms with Crippen molar-refractivity contribution in [2.45, 2.75) is 64.3 Å². The Bertz CT molecular complexity index is 919. The second-order valence-corrected chi connectivity index (χ2v) is 8.56. The number of esters is 1. The third-order valence-corrected chi connectivity index (χ3v) is 6.56. The van der Waals surface area contributed by atoms with Crippen LogP contribution < -0.4 is 11.1 Å². The lowest BCUT2D eigenvalue weighted by molar-refractivity contribution is -0.159. The van der Waals surface area contributed by atoms with E-state index in [-0.39, 0.29) is 25.0 Å². The molecular formula is C22H31N5O3. The first-order valence-corrected chi connectivity index (χ1v) is 11.1. The van der Waals surface area contributed by atoms with Crippen molar-refractivity contribution in [2.24, 2.45) is 17.1 Å². The molecule has 3 heterocycles. The molecule has 3 N–H and O–H groups in total. The lowest BCUT2D eigenvalue weighted by Gasteiger charge is -2.23. The second kappa shape index (κ2) is 8.71. The van der Waals surface area contributed by atoms with Crippen LogP contribution in [0.2, 0.25) is 0 Å². The summed E-state index contributed by atoms with van der Waals surface area (Å²) in [6.45, 7) is 2.45. The van der Waals surface area contributed by atoms with Crippen molar-refractivity contribution < 1.29 is 14.3 Å². The van der Waals surface area contributed by atoms with Crippen molar-refractivity contribution in [3.05, 3.63) is 29.7 Å². The number of ether oxygens (including phenoxy) is 1. The van der Waals surface area contributed by atoms with E-state index in [1.807, 2.05) is 18.3 Å². The van der Waals surface area contributed by atoms with Crippen molar-refractivity contribution >= 4 is 17.5 Å². The van der Waals surface area contributed by atoms with Crippen LogP contribution >= 0.6 is 0 Å². The molecule has 2 aromatic heterocycles. The fourth-order valence-corrected chi connectivity index (χ4v) is 4.79. The molecule has 1 saturated heterocycles. The number of nitrogens with zero attached hydrogens (tertiary/aromatic N) is 3. The molecule has 2 unspecified atom stereocenters. The molecule has 1 saturated carbocycles. The summed E-state index contributed by atoms with van der Waals surface area (Å²) in [7, 11) is 0. The average Bonchev–Trinajstić information content (AvgIpc) is 3.21. The predicted molar refractivity (Wildman–Crippen MR) is 112 cm³/mol. The van der Waals surface area contributed by atoms with E-state index in [2.05, 4.69) is 10.4 Å². The van der Waals surface area contributed by atoms with Gasteiger partial charge in [0.2, 0.25) is 5.91 Å². The van der Waals surface area contributed by atoms with Gasteiger partial charge in [-0.15, -0.1) is 0 Å². The Balaban J connectivity index is 1.57. The Morgan fingerprint density at radius 2 is 2.10 bits per heavy atom. The van der Waals surface area contributed by atoms with Crippen LogP contribution in [0, 0.1) is 11.3 Å². The molecule has 2 aromatic rings. The van der Waals surface area contributed by atoms with Crippen LogP contribution in [-0.2, 0) is 20.7 Å². The molecule has 30 heavy (non-hydrogen) atoms. The van der Waals surface area contributed by atoms with Crippen molar-refractivity contribution in [2.75, 3.05) is 13.2 Å². The number of rotatable bonds is 6. The van der Waals surface area contributed by atoms with Crippen LogP contribution in [0.3, 0.4) is 0 Å². The molecule has 162 valence electrons. The highest BCUT2D eigenvalue weighted by Gasteiger charge is 2.50. The Morgan fingerprint density at radius 1 is 1.33 bits per heavy atom. The maximum absolute atomic E-state index is 12.6. The molecule has 2 atom stereocenters. The smallest absolute Gasteiger partial charge is 0.322 e. The van der Waals surface area contributed by atoms with Crippen LogP contribution in [0.15, 0.2) is 18.3 Å². The SMILES string of the molecule is CCOC(=O)C1(Cc2ccc3nc(C(N)C4CCCCCC4)cn3n2)CCNC1=O. The topological polar surface area (TPSA) is 112 Å². The van der Waals surface area contributed by atoms with E-state index in [1.165, 1.54) is 25.7 Å². The summed E-state index contributed by atoms with van der Waals surface area (Å²) in [5.74, 6) is -0.320. The fraction of sp³-hybridized carbons (Fsp3) is 0.636. The summed E-state index contributed by atoms with van der Waals surface area (Å²) >= 11 is 0. The van der Waals surface area contributed by atoms with Crippen LogP contribution in [0.1, 0.15) is 69.3 Å². The largest absolute Gasteiger partial charge is 0.465 e. The van der Waals surface area contributed by atoms with Crippen molar-refractivity contribution in [3.8, 4) is 0 Å². The first-order valence-electron chi connectivity index (χ1n) is 11.1. The minimum Gasteiger partial charge on any atom is -0.465 e. The normalized spacial score (nSPS) is 23.9. The molecular weight excluding hydrogens is 382 g/mol. The molecule has 4 rings (SSSR count). The van der Waals surface area contributed by atoms with Gasteiger partial charge in [0.1, 0.15) is 0 Å². The van der Waals surface area contributed by atoms with Crippen molar-refractivity contribution in [1.29, 1.82) is 0 Å². The Kier molecular flexibility index (Phi) is 6.04. The van der Waals surface area contributed by atoms with E-state index >= 15 is 0 Å². The number of amides is 1. The summed E-state index contributed by atoms with van der Waals surface area (Å²) in [5, 5.41) is 7.40. The van der Waals surface area contributed by atoms with Gasteiger partial charge in [0, 0.05) is 13.0 Å². The van der Waals surface area contributed by atoms with Gasteiger partial charge in [-0.25, -0.2) is 9.50 Å². The van der Waals surface area contributed by atoms with E-state index in [0.717, 1.165) is 24.2 Å². The van der Waals surface area contributed by atoms with Crippen LogP contribution in [0.5, 0.6) is 0 Å². The fourth-order valence-electron chi connectivity index (χ4n) is 4.79. The predicted octanol–water partition coefficient (Wildman–Crippen LogP) is 2.31. The number of fused-ring (bicyclic) bond motifs is 1. The van der Waals surface area contributed by atoms with Gasteiger partial charge in [0.15, 0.2) is 11.1 Å². The van der Waals surface area contributed by atoms with Crippen LogP contribution in [0.4, 0.5) is 0 Å². The lowest BCUT2D eigenvalue weighted by Crippen LogP contribution is -2.42.